The Kier molecular flexibility index (Phi) is 3.85. The molecule has 1 aromatic carbocycles. The first-order valence-corrected chi connectivity index (χ1v) is 7.49. The van der Waals surface area contributed by atoms with Crippen LogP contribution >= 0.6 is 0 Å². The van der Waals surface area contributed by atoms with Crippen molar-refractivity contribution in [3.63, 3.8) is 0 Å². The van der Waals surface area contributed by atoms with Crippen LogP contribution in [-0.2, 0) is 12.6 Å². The number of alkyl halides is 3. The van der Waals surface area contributed by atoms with Crippen LogP contribution in [0.3, 0.4) is 0 Å². The molecule has 0 spiro atoms. The second-order valence-corrected chi connectivity index (χ2v) is 5.85. The van der Waals surface area contributed by atoms with Gasteiger partial charge >= 0.3 is 12.1 Å². The first kappa shape index (κ1) is 17.4. The van der Waals surface area contributed by atoms with Gasteiger partial charge in [-0.3, -0.25) is 4.79 Å². The van der Waals surface area contributed by atoms with Crippen LogP contribution in [0.1, 0.15) is 47.4 Å². The monoisotopic (exact) mass is 361 g/mol. The predicted molar refractivity (Wildman–Crippen MR) is 77.7 cm³/mol. The first-order chi connectivity index (χ1) is 11.6. The highest BCUT2D eigenvalue weighted by atomic mass is 19.4. The molecule has 1 aromatic heterocycles. The lowest BCUT2D eigenvalue weighted by atomic mass is 10.00. The fourth-order valence-electron chi connectivity index (χ4n) is 3.11. The minimum Gasteiger partial charge on any atom is -0.477 e. The molecule has 1 fully saturated rings. The second kappa shape index (κ2) is 5.53. The average molecular weight is 361 g/mol. The maximum atomic E-state index is 14.4. The fourth-order valence-corrected chi connectivity index (χ4v) is 3.11. The fraction of sp³-hybridized carbons (Fsp3) is 0.375. The molecule has 1 N–H and O–H groups in total. The van der Waals surface area contributed by atoms with Crippen molar-refractivity contribution in [1.82, 2.24) is 4.57 Å². The summed E-state index contributed by atoms with van der Waals surface area (Å²) in [5.74, 6) is -5.02. The number of aromatic carboxylic acids is 1. The molecule has 0 saturated heterocycles. The predicted octanol–water partition coefficient (Wildman–Crippen LogP) is 3.89. The first-order valence-electron chi connectivity index (χ1n) is 7.49. The molecule has 3 rings (SSSR count). The SMILES string of the molecule is CCc1c(C(=O)O)c(=O)c2c(C(F)(F)F)cc(F)c(F)c2n1C1CC1. The smallest absolute Gasteiger partial charge is 0.417 e. The largest absolute Gasteiger partial charge is 0.477 e. The maximum absolute atomic E-state index is 14.4. The third kappa shape index (κ3) is 2.58. The number of pyridine rings is 1. The van der Waals surface area contributed by atoms with Crippen LogP contribution in [0.5, 0.6) is 0 Å². The summed E-state index contributed by atoms with van der Waals surface area (Å²) < 4.78 is 69.1. The number of benzene rings is 1. The Morgan fingerprint density at radius 2 is 1.92 bits per heavy atom. The van der Waals surface area contributed by atoms with E-state index in [2.05, 4.69) is 0 Å². The van der Waals surface area contributed by atoms with Gasteiger partial charge < -0.3 is 9.67 Å². The van der Waals surface area contributed by atoms with Crippen molar-refractivity contribution >= 4 is 16.9 Å². The van der Waals surface area contributed by atoms with E-state index in [0.29, 0.717) is 12.8 Å². The Morgan fingerprint density at radius 3 is 2.36 bits per heavy atom. The standard InChI is InChI=1S/C16H12F5NO3/c1-2-9-11(15(24)25)14(23)10-7(16(19,20)21)5-8(17)12(18)13(10)22(9)6-3-4-6/h5-6H,2-4H2,1H3,(H,24,25). The van der Waals surface area contributed by atoms with Crippen LogP contribution in [-0.4, -0.2) is 15.6 Å². The van der Waals surface area contributed by atoms with E-state index in [0.717, 1.165) is 4.57 Å². The van der Waals surface area contributed by atoms with Crippen molar-refractivity contribution < 1.29 is 31.9 Å². The van der Waals surface area contributed by atoms with Gasteiger partial charge in [0.05, 0.1) is 16.5 Å². The molecule has 2 aromatic rings. The van der Waals surface area contributed by atoms with E-state index in [1.54, 1.807) is 0 Å². The van der Waals surface area contributed by atoms with E-state index < -0.39 is 57.3 Å². The number of aromatic nitrogens is 1. The Labute approximate surface area is 137 Å². The average Bonchev–Trinajstić information content (AvgIpc) is 3.33. The van der Waals surface area contributed by atoms with Crippen LogP contribution in [0.4, 0.5) is 22.0 Å². The van der Waals surface area contributed by atoms with Crippen molar-refractivity contribution in [2.24, 2.45) is 0 Å². The summed E-state index contributed by atoms with van der Waals surface area (Å²) in [5.41, 5.74) is -4.89. The van der Waals surface area contributed by atoms with Gasteiger partial charge in [0, 0.05) is 11.7 Å². The molecule has 0 radical (unpaired) electrons. The third-order valence-corrected chi connectivity index (χ3v) is 4.24. The van der Waals surface area contributed by atoms with Crippen molar-refractivity contribution in [3.05, 3.63) is 44.7 Å². The summed E-state index contributed by atoms with van der Waals surface area (Å²) in [6.45, 7) is 1.49. The van der Waals surface area contributed by atoms with Gasteiger partial charge in [-0.2, -0.15) is 13.2 Å². The van der Waals surface area contributed by atoms with Crippen LogP contribution in [0, 0.1) is 11.6 Å². The molecule has 1 heterocycles. The lowest BCUT2D eigenvalue weighted by Crippen LogP contribution is -2.27. The third-order valence-electron chi connectivity index (χ3n) is 4.24. The zero-order valence-corrected chi connectivity index (χ0v) is 12.9. The summed E-state index contributed by atoms with van der Waals surface area (Å²) >= 11 is 0. The summed E-state index contributed by atoms with van der Waals surface area (Å²) in [7, 11) is 0. The van der Waals surface area contributed by atoms with Gasteiger partial charge in [0.1, 0.15) is 5.56 Å². The summed E-state index contributed by atoms with van der Waals surface area (Å²) in [5, 5.41) is 8.17. The van der Waals surface area contributed by atoms with Gasteiger partial charge in [-0.15, -0.1) is 0 Å². The Bertz CT molecular complexity index is 957. The van der Waals surface area contributed by atoms with E-state index in [9.17, 15) is 36.6 Å². The number of hydrogen-bond acceptors (Lipinski definition) is 2. The lowest BCUT2D eigenvalue weighted by Gasteiger charge is -2.21. The highest BCUT2D eigenvalue weighted by molar-refractivity contribution is 5.95. The Morgan fingerprint density at radius 1 is 1.32 bits per heavy atom. The van der Waals surface area contributed by atoms with Gasteiger partial charge in [0.25, 0.3) is 0 Å². The molecule has 1 saturated carbocycles. The molecule has 134 valence electrons. The zero-order valence-electron chi connectivity index (χ0n) is 12.9. The lowest BCUT2D eigenvalue weighted by molar-refractivity contribution is -0.136. The van der Waals surface area contributed by atoms with Gasteiger partial charge in [-0.05, 0) is 25.3 Å². The van der Waals surface area contributed by atoms with Crippen LogP contribution in [0.2, 0.25) is 0 Å². The maximum Gasteiger partial charge on any atom is 0.417 e. The topological polar surface area (TPSA) is 59.3 Å². The minimum absolute atomic E-state index is 0.0272. The van der Waals surface area contributed by atoms with Gasteiger partial charge in [0.15, 0.2) is 11.6 Å². The number of rotatable bonds is 3. The number of hydrogen-bond donors (Lipinski definition) is 1. The number of fused-ring (bicyclic) bond motifs is 1. The molecule has 25 heavy (non-hydrogen) atoms. The number of carboxylic acids is 1. The minimum atomic E-state index is -5.14. The highest BCUT2D eigenvalue weighted by Crippen LogP contribution is 2.42. The van der Waals surface area contributed by atoms with Crippen LogP contribution in [0.25, 0.3) is 10.9 Å². The van der Waals surface area contributed by atoms with Crippen molar-refractivity contribution in [2.75, 3.05) is 0 Å². The van der Waals surface area contributed by atoms with E-state index in [1.807, 2.05) is 0 Å². The Balaban J connectivity index is 2.67. The zero-order chi connectivity index (χ0) is 18.7. The van der Waals surface area contributed by atoms with Gasteiger partial charge in [-0.1, -0.05) is 6.92 Å². The van der Waals surface area contributed by atoms with Crippen molar-refractivity contribution in [2.45, 2.75) is 38.4 Å². The van der Waals surface area contributed by atoms with E-state index in [4.69, 9.17) is 0 Å². The molecular formula is C16H12F5NO3. The quantitative estimate of drug-likeness (QED) is 0.844. The highest BCUT2D eigenvalue weighted by Gasteiger charge is 2.39. The van der Waals surface area contributed by atoms with Gasteiger partial charge in [-0.25, -0.2) is 13.6 Å². The molecule has 1 aliphatic carbocycles. The second-order valence-electron chi connectivity index (χ2n) is 5.85. The molecule has 0 bridgehead atoms. The van der Waals surface area contributed by atoms with E-state index >= 15 is 0 Å². The van der Waals surface area contributed by atoms with E-state index in [1.165, 1.54) is 6.92 Å². The van der Waals surface area contributed by atoms with E-state index in [-0.39, 0.29) is 18.2 Å². The molecule has 0 aliphatic heterocycles. The molecule has 0 atom stereocenters. The Hall–Kier alpha value is -2.45. The molecule has 0 unspecified atom stereocenters. The van der Waals surface area contributed by atoms with Gasteiger partial charge in [0.2, 0.25) is 5.43 Å². The summed E-state index contributed by atoms with van der Waals surface area (Å²) in [6, 6.07) is -0.568. The summed E-state index contributed by atoms with van der Waals surface area (Å²) in [4.78, 5) is 24.0. The van der Waals surface area contributed by atoms with Crippen molar-refractivity contribution in [1.29, 1.82) is 0 Å². The molecule has 4 nitrogen and oxygen atoms in total. The number of halogens is 5. The molecule has 0 amide bonds. The van der Waals surface area contributed by atoms with Crippen LogP contribution < -0.4 is 5.43 Å². The summed E-state index contributed by atoms with van der Waals surface area (Å²) in [6.07, 6.45) is -4.22. The molecule has 1 aliphatic rings. The number of carboxylic acid groups (broad SMARTS) is 1. The number of carbonyl (C=O) groups is 1. The van der Waals surface area contributed by atoms with Crippen molar-refractivity contribution in [3.8, 4) is 0 Å². The molecule has 9 heteroatoms. The van der Waals surface area contributed by atoms with Crippen LogP contribution in [0.15, 0.2) is 10.9 Å². The normalized spacial score (nSPS) is 15.0. The molecular weight excluding hydrogens is 349 g/mol. The number of nitrogens with zero attached hydrogens (tertiary/aromatic N) is 1.